The van der Waals surface area contributed by atoms with Gasteiger partial charge in [0.05, 0.1) is 4.90 Å². The molecule has 0 saturated carbocycles. The number of nitrogens with two attached hydrogens (primary N) is 1. The van der Waals surface area contributed by atoms with Crippen LogP contribution in [0.15, 0.2) is 53.7 Å². The van der Waals surface area contributed by atoms with Crippen LogP contribution in [0.2, 0.25) is 0 Å². The molecule has 1 aromatic heterocycles. The lowest BCUT2D eigenvalue weighted by molar-refractivity contribution is 0.423. The lowest BCUT2D eigenvalue weighted by Crippen LogP contribution is -2.30. The molecular formula is C14H17N3O2S. The molecule has 0 fully saturated rings. The molecule has 0 aliphatic carbocycles. The fourth-order valence-corrected chi connectivity index (χ4v) is 3.28. The minimum atomic E-state index is -3.51. The first-order chi connectivity index (χ1) is 9.54. The number of anilines is 1. The first-order valence-electron chi connectivity index (χ1n) is 6.28. The highest BCUT2D eigenvalue weighted by Crippen LogP contribution is 2.19. The van der Waals surface area contributed by atoms with Crippen LogP contribution in [0.1, 0.15) is 12.5 Å². The Morgan fingerprint density at radius 2 is 1.70 bits per heavy atom. The normalized spacial score (nSPS) is 11.7. The van der Waals surface area contributed by atoms with Gasteiger partial charge in [0, 0.05) is 31.2 Å². The number of benzene rings is 1. The van der Waals surface area contributed by atoms with E-state index in [0.29, 0.717) is 18.8 Å². The van der Waals surface area contributed by atoms with Gasteiger partial charge >= 0.3 is 0 Å². The van der Waals surface area contributed by atoms with Crippen molar-refractivity contribution in [3.8, 4) is 0 Å². The molecule has 0 aliphatic rings. The number of hydrogen-bond acceptors (Lipinski definition) is 4. The second-order valence-electron chi connectivity index (χ2n) is 4.36. The van der Waals surface area contributed by atoms with Crippen molar-refractivity contribution in [3.05, 3.63) is 54.4 Å². The van der Waals surface area contributed by atoms with Crippen LogP contribution in [0.25, 0.3) is 0 Å². The van der Waals surface area contributed by atoms with E-state index in [1.807, 2.05) is 6.92 Å². The van der Waals surface area contributed by atoms with Crippen molar-refractivity contribution in [2.24, 2.45) is 0 Å². The average Bonchev–Trinajstić information content (AvgIpc) is 2.46. The summed E-state index contributed by atoms with van der Waals surface area (Å²) in [5.74, 6) is 0. The van der Waals surface area contributed by atoms with E-state index in [9.17, 15) is 8.42 Å². The molecule has 0 amide bonds. The molecule has 0 radical (unpaired) electrons. The lowest BCUT2D eigenvalue weighted by atomic mass is 10.3. The molecular weight excluding hydrogens is 274 g/mol. The maximum atomic E-state index is 12.5. The molecule has 2 rings (SSSR count). The quantitative estimate of drug-likeness (QED) is 0.853. The van der Waals surface area contributed by atoms with Crippen molar-refractivity contribution in [3.63, 3.8) is 0 Å². The van der Waals surface area contributed by atoms with Crippen LogP contribution in [0.5, 0.6) is 0 Å². The highest BCUT2D eigenvalue weighted by atomic mass is 32.2. The first kappa shape index (κ1) is 14.5. The van der Waals surface area contributed by atoms with Gasteiger partial charge in [0.2, 0.25) is 10.0 Å². The maximum Gasteiger partial charge on any atom is 0.243 e. The van der Waals surface area contributed by atoms with E-state index in [4.69, 9.17) is 5.73 Å². The third-order valence-electron chi connectivity index (χ3n) is 2.98. The summed E-state index contributed by atoms with van der Waals surface area (Å²) in [6.07, 6.45) is 3.30. The van der Waals surface area contributed by atoms with E-state index in [0.717, 1.165) is 5.56 Å². The van der Waals surface area contributed by atoms with Crippen molar-refractivity contribution in [1.29, 1.82) is 0 Å². The van der Waals surface area contributed by atoms with E-state index in [-0.39, 0.29) is 4.90 Å². The van der Waals surface area contributed by atoms with Crippen molar-refractivity contribution < 1.29 is 8.42 Å². The van der Waals surface area contributed by atoms with Gasteiger partial charge in [0.25, 0.3) is 0 Å². The number of nitrogen functional groups attached to an aromatic ring is 1. The number of hydrogen-bond donors (Lipinski definition) is 1. The lowest BCUT2D eigenvalue weighted by Gasteiger charge is -2.20. The van der Waals surface area contributed by atoms with Crippen LogP contribution in [-0.4, -0.2) is 24.3 Å². The van der Waals surface area contributed by atoms with Crippen LogP contribution in [0, 0.1) is 0 Å². The van der Waals surface area contributed by atoms with E-state index in [1.54, 1.807) is 36.7 Å². The topological polar surface area (TPSA) is 76.3 Å². The number of aromatic nitrogens is 1. The molecule has 0 atom stereocenters. The Hall–Kier alpha value is -1.92. The van der Waals surface area contributed by atoms with Crippen LogP contribution >= 0.6 is 0 Å². The van der Waals surface area contributed by atoms with Gasteiger partial charge in [-0.05, 0) is 42.0 Å². The Balaban J connectivity index is 2.28. The van der Waals surface area contributed by atoms with Gasteiger partial charge in [-0.1, -0.05) is 6.92 Å². The van der Waals surface area contributed by atoms with Crippen LogP contribution < -0.4 is 5.73 Å². The molecule has 2 N–H and O–H groups in total. The highest BCUT2D eigenvalue weighted by Gasteiger charge is 2.22. The molecule has 20 heavy (non-hydrogen) atoms. The molecule has 0 aliphatic heterocycles. The predicted molar refractivity (Wildman–Crippen MR) is 78.4 cm³/mol. The fourth-order valence-electron chi connectivity index (χ4n) is 1.85. The SMILES string of the molecule is CCN(Cc1ccncc1)S(=O)(=O)c1ccc(N)cc1. The summed E-state index contributed by atoms with van der Waals surface area (Å²) in [4.78, 5) is 4.18. The van der Waals surface area contributed by atoms with Gasteiger partial charge < -0.3 is 5.73 Å². The second-order valence-corrected chi connectivity index (χ2v) is 6.29. The summed E-state index contributed by atoms with van der Waals surface area (Å²) in [7, 11) is -3.51. The van der Waals surface area contributed by atoms with E-state index >= 15 is 0 Å². The van der Waals surface area contributed by atoms with Gasteiger partial charge in [0.1, 0.15) is 0 Å². The zero-order chi connectivity index (χ0) is 14.6. The minimum absolute atomic E-state index is 0.252. The molecule has 1 aromatic carbocycles. The Labute approximate surface area is 119 Å². The van der Waals surface area contributed by atoms with Gasteiger partial charge in [-0.2, -0.15) is 4.31 Å². The van der Waals surface area contributed by atoms with Crippen LogP contribution in [-0.2, 0) is 16.6 Å². The summed E-state index contributed by atoms with van der Waals surface area (Å²) in [5.41, 5.74) is 7.03. The Morgan fingerprint density at radius 3 is 2.25 bits per heavy atom. The van der Waals surface area contributed by atoms with Crippen molar-refractivity contribution in [1.82, 2.24) is 9.29 Å². The molecule has 0 unspecified atom stereocenters. The molecule has 106 valence electrons. The van der Waals surface area contributed by atoms with Crippen LogP contribution in [0.4, 0.5) is 5.69 Å². The number of nitrogens with zero attached hydrogens (tertiary/aromatic N) is 2. The third kappa shape index (κ3) is 3.15. The number of rotatable bonds is 5. The number of sulfonamides is 1. The van der Waals surface area contributed by atoms with E-state index < -0.39 is 10.0 Å². The summed E-state index contributed by atoms with van der Waals surface area (Å²) in [6, 6.07) is 9.85. The zero-order valence-corrected chi connectivity index (χ0v) is 12.0. The maximum absolute atomic E-state index is 12.5. The van der Waals surface area contributed by atoms with Crippen molar-refractivity contribution in [2.45, 2.75) is 18.4 Å². The highest BCUT2D eigenvalue weighted by molar-refractivity contribution is 7.89. The van der Waals surface area contributed by atoms with Crippen molar-refractivity contribution in [2.75, 3.05) is 12.3 Å². The van der Waals surface area contributed by atoms with Gasteiger partial charge in [0.15, 0.2) is 0 Å². The summed E-state index contributed by atoms with van der Waals surface area (Å²) in [5, 5.41) is 0. The monoisotopic (exact) mass is 291 g/mol. The number of pyridine rings is 1. The molecule has 0 spiro atoms. The summed E-state index contributed by atoms with van der Waals surface area (Å²) in [6.45, 7) is 2.54. The van der Waals surface area contributed by atoms with E-state index in [2.05, 4.69) is 4.98 Å². The molecule has 2 aromatic rings. The largest absolute Gasteiger partial charge is 0.399 e. The smallest absolute Gasteiger partial charge is 0.243 e. The molecule has 0 bridgehead atoms. The van der Waals surface area contributed by atoms with Gasteiger partial charge in [-0.15, -0.1) is 0 Å². The second kappa shape index (κ2) is 6.02. The molecule has 6 heteroatoms. The van der Waals surface area contributed by atoms with Gasteiger partial charge in [-0.3, -0.25) is 4.98 Å². The van der Waals surface area contributed by atoms with Crippen molar-refractivity contribution >= 4 is 15.7 Å². The predicted octanol–water partition coefficient (Wildman–Crippen LogP) is 1.87. The molecule has 0 saturated heterocycles. The Bertz CT molecular complexity index is 655. The first-order valence-corrected chi connectivity index (χ1v) is 7.72. The third-order valence-corrected chi connectivity index (χ3v) is 4.91. The standard InChI is InChI=1S/C14H17N3O2S/c1-2-17(11-12-7-9-16-10-8-12)20(18,19)14-5-3-13(15)4-6-14/h3-10H,2,11,15H2,1H3. The van der Waals surface area contributed by atoms with Crippen LogP contribution in [0.3, 0.4) is 0 Å². The Kier molecular flexibility index (Phi) is 4.36. The summed E-state index contributed by atoms with van der Waals surface area (Å²) < 4.78 is 26.5. The van der Waals surface area contributed by atoms with E-state index in [1.165, 1.54) is 16.4 Å². The molecule has 1 heterocycles. The molecule has 5 nitrogen and oxygen atoms in total. The fraction of sp³-hybridized carbons (Fsp3) is 0.214. The zero-order valence-electron chi connectivity index (χ0n) is 11.2. The minimum Gasteiger partial charge on any atom is -0.399 e. The Morgan fingerprint density at radius 1 is 1.10 bits per heavy atom. The average molecular weight is 291 g/mol. The summed E-state index contributed by atoms with van der Waals surface area (Å²) >= 11 is 0. The van der Waals surface area contributed by atoms with Gasteiger partial charge in [-0.25, -0.2) is 8.42 Å².